The van der Waals surface area contributed by atoms with Gasteiger partial charge >= 0.3 is 5.97 Å². The Hall–Kier alpha value is -2.89. The molecule has 1 fully saturated rings. The van der Waals surface area contributed by atoms with Crippen molar-refractivity contribution in [2.45, 2.75) is 25.3 Å². The third-order valence-electron chi connectivity index (χ3n) is 4.65. The minimum absolute atomic E-state index is 0.278. The molecular formula is C19H21N3O3. The largest absolute Gasteiger partial charge is 0.481 e. The number of carbonyl (C=O) groups excluding carboxylic acids is 1. The van der Waals surface area contributed by atoms with Crippen LogP contribution in [0.3, 0.4) is 0 Å². The van der Waals surface area contributed by atoms with Crippen LogP contribution in [-0.2, 0) is 4.79 Å². The SMILES string of the molecule is CN(c1ccccc1)c1ccc(C(=O)N[C@@H]2CCC[C@@H]2C(=O)O)cn1. The molecule has 1 saturated carbocycles. The highest BCUT2D eigenvalue weighted by atomic mass is 16.4. The first-order valence-corrected chi connectivity index (χ1v) is 8.35. The molecule has 3 rings (SSSR count). The fourth-order valence-electron chi connectivity index (χ4n) is 3.18. The standard InChI is InChI=1S/C19H21N3O3/c1-22(14-6-3-2-4-7-14)17-11-10-13(12-20-17)18(23)21-16-9-5-8-15(16)19(24)25/h2-4,6-7,10-12,15-16H,5,8-9H2,1H3,(H,21,23)(H,24,25)/t15-,16+/m0/s1. The van der Waals surface area contributed by atoms with Gasteiger partial charge in [0.15, 0.2) is 0 Å². The van der Waals surface area contributed by atoms with Crippen LogP contribution in [0.4, 0.5) is 11.5 Å². The normalized spacial score (nSPS) is 19.4. The van der Waals surface area contributed by atoms with Crippen molar-refractivity contribution in [2.75, 3.05) is 11.9 Å². The first kappa shape index (κ1) is 17.0. The number of aromatic nitrogens is 1. The van der Waals surface area contributed by atoms with Gasteiger partial charge in [0.1, 0.15) is 5.82 Å². The average molecular weight is 339 g/mol. The molecule has 0 spiro atoms. The molecule has 0 unspecified atom stereocenters. The maximum atomic E-state index is 12.4. The summed E-state index contributed by atoms with van der Waals surface area (Å²) in [5, 5.41) is 12.0. The zero-order valence-corrected chi connectivity index (χ0v) is 14.1. The van der Waals surface area contributed by atoms with Gasteiger partial charge in [0.05, 0.1) is 11.5 Å². The maximum Gasteiger partial charge on any atom is 0.308 e. The Kier molecular flexibility index (Phi) is 4.97. The molecule has 1 aromatic carbocycles. The summed E-state index contributed by atoms with van der Waals surface area (Å²) in [6.07, 6.45) is 3.65. The molecule has 0 aliphatic heterocycles. The monoisotopic (exact) mass is 339 g/mol. The van der Waals surface area contributed by atoms with Gasteiger partial charge in [0.25, 0.3) is 5.91 Å². The Morgan fingerprint density at radius 1 is 1.16 bits per heavy atom. The van der Waals surface area contributed by atoms with Crippen LogP contribution >= 0.6 is 0 Å². The van der Waals surface area contributed by atoms with Crippen molar-refractivity contribution in [3.05, 3.63) is 54.2 Å². The predicted octanol–water partition coefficient (Wildman–Crippen LogP) is 2.83. The second-order valence-electron chi connectivity index (χ2n) is 6.26. The summed E-state index contributed by atoms with van der Waals surface area (Å²) in [6, 6.07) is 13.0. The number of hydrogen-bond acceptors (Lipinski definition) is 4. The van der Waals surface area contributed by atoms with Gasteiger partial charge < -0.3 is 15.3 Å². The van der Waals surface area contributed by atoms with E-state index in [1.807, 2.05) is 42.3 Å². The fourth-order valence-corrected chi connectivity index (χ4v) is 3.18. The third-order valence-corrected chi connectivity index (χ3v) is 4.65. The molecule has 2 N–H and O–H groups in total. The van der Waals surface area contributed by atoms with Gasteiger partial charge in [-0.1, -0.05) is 24.6 Å². The zero-order valence-electron chi connectivity index (χ0n) is 14.1. The number of nitrogens with one attached hydrogen (secondary N) is 1. The first-order chi connectivity index (χ1) is 12.1. The Morgan fingerprint density at radius 2 is 1.92 bits per heavy atom. The number of benzene rings is 1. The molecular weight excluding hydrogens is 318 g/mol. The van der Waals surface area contributed by atoms with Crippen molar-refractivity contribution in [1.29, 1.82) is 0 Å². The number of carboxylic acid groups (broad SMARTS) is 1. The highest BCUT2D eigenvalue weighted by Gasteiger charge is 2.34. The van der Waals surface area contributed by atoms with E-state index in [9.17, 15) is 14.7 Å². The van der Waals surface area contributed by atoms with Crippen LogP contribution in [0.25, 0.3) is 0 Å². The molecule has 1 aliphatic rings. The lowest BCUT2D eigenvalue weighted by molar-refractivity contribution is -0.142. The Morgan fingerprint density at radius 3 is 2.56 bits per heavy atom. The number of carboxylic acids is 1. The molecule has 1 amide bonds. The molecule has 25 heavy (non-hydrogen) atoms. The van der Waals surface area contributed by atoms with Crippen LogP contribution < -0.4 is 10.2 Å². The molecule has 6 nitrogen and oxygen atoms in total. The van der Waals surface area contributed by atoms with Crippen LogP contribution in [0.5, 0.6) is 0 Å². The molecule has 0 radical (unpaired) electrons. The summed E-state index contributed by atoms with van der Waals surface area (Å²) < 4.78 is 0. The van der Waals surface area contributed by atoms with Gasteiger partial charge in [-0.25, -0.2) is 4.98 Å². The maximum absolute atomic E-state index is 12.4. The van der Waals surface area contributed by atoms with Gasteiger partial charge in [0, 0.05) is 25.0 Å². The van der Waals surface area contributed by atoms with E-state index in [0.29, 0.717) is 18.4 Å². The smallest absolute Gasteiger partial charge is 0.308 e. The summed E-state index contributed by atoms with van der Waals surface area (Å²) in [5.74, 6) is -0.896. The van der Waals surface area contributed by atoms with E-state index in [2.05, 4.69) is 10.3 Å². The molecule has 6 heteroatoms. The van der Waals surface area contributed by atoms with E-state index in [-0.39, 0.29) is 11.9 Å². The number of hydrogen-bond donors (Lipinski definition) is 2. The van der Waals surface area contributed by atoms with Gasteiger partial charge in [-0.3, -0.25) is 9.59 Å². The van der Waals surface area contributed by atoms with Crippen molar-refractivity contribution < 1.29 is 14.7 Å². The first-order valence-electron chi connectivity index (χ1n) is 8.35. The van der Waals surface area contributed by atoms with Crippen molar-refractivity contribution in [3.63, 3.8) is 0 Å². The molecule has 1 aromatic heterocycles. The van der Waals surface area contributed by atoms with Gasteiger partial charge in [-0.2, -0.15) is 0 Å². The number of para-hydroxylation sites is 1. The number of anilines is 2. The number of nitrogens with zero attached hydrogens (tertiary/aromatic N) is 2. The second kappa shape index (κ2) is 7.34. The zero-order chi connectivity index (χ0) is 17.8. The van der Waals surface area contributed by atoms with Crippen LogP contribution in [0.2, 0.25) is 0 Å². The van der Waals surface area contributed by atoms with E-state index in [1.165, 1.54) is 6.20 Å². The summed E-state index contributed by atoms with van der Waals surface area (Å²) >= 11 is 0. The average Bonchev–Trinajstić information content (AvgIpc) is 3.10. The summed E-state index contributed by atoms with van der Waals surface area (Å²) in [6.45, 7) is 0. The second-order valence-corrected chi connectivity index (χ2v) is 6.26. The number of amides is 1. The van der Waals surface area contributed by atoms with E-state index in [0.717, 1.165) is 17.9 Å². The lowest BCUT2D eigenvalue weighted by Crippen LogP contribution is -2.40. The van der Waals surface area contributed by atoms with Crippen molar-refractivity contribution >= 4 is 23.4 Å². The molecule has 130 valence electrons. The summed E-state index contributed by atoms with van der Waals surface area (Å²) in [5.41, 5.74) is 1.43. The Bertz CT molecular complexity index is 746. The number of carbonyl (C=O) groups is 2. The fraction of sp³-hybridized carbons (Fsp3) is 0.316. The summed E-state index contributed by atoms with van der Waals surface area (Å²) in [7, 11) is 1.91. The van der Waals surface area contributed by atoms with Crippen LogP contribution in [0, 0.1) is 5.92 Å². The quantitative estimate of drug-likeness (QED) is 0.875. The number of rotatable bonds is 5. The number of pyridine rings is 1. The van der Waals surface area contributed by atoms with E-state index in [4.69, 9.17) is 0 Å². The van der Waals surface area contributed by atoms with E-state index in [1.54, 1.807) is 12.1 Å². The van der Waals surface area contributed by atoms with Crippen molar-refractivity contribution in [1.82, 2.24) is 10.3 Å². The molecule has 0 saturated heterocycles. The van der Waals surface area contributed by atoms with Crippen LogP contribution in [0.15, 0.2) is 48.7 Å². The third kappa shape index (κ3) is 3.79. The lowest BCUT2D eigenvalue weighted by atomic mass is 10.0. The topological polar surface area (TPSA) is 82.5 Å². The van der Waals surface area contributed by atoms with Crippen LogP contribution in [-0.4, -0.2) is 35.1 Å². The minimum atomic E-state index is -0.847. The number of aliphatic carboxylic acids is 1. The molecule has 0 bridgehead atoms. The van der Waals surface area contributed by atoms with Gasteiger partial charge in [0.2, 0.25) is 0 Å². The highest BCUT2D eigenvalue weighted by Crippen LogP contribution is 2.26. The molecule has 1 heterocycles. The van der Waals surface area contributed by atoms with Gasteiger partial charge in [-0.15, -0.1) is 0 Å². The van der Waals surface area contributed by atoms with E-state index < -0.39 is 11.9 Å². The molecule has 2 atom stereocenters. The molecule has 2 aromatic rings. The highest BCUT2D eigenvalue weighted by molar-refractivity contribution is 5.94. The predicted molar refractivity (Wildman–Crippen MR) is 95.0 cm³/mol. The van der Waals surface area contributed by atoms with E-state index >= 15 is 0 Å². The van der Waals surface area contributed by atoms with Crippen molar-refractivity contribution in [2.24, 2.45) is 5.92 Å². The lowest BCUT2D eigenvalue weighted by Gasteiger charge is -2.19. The Labute approximate surface area is 146 Å². The molecule has 1 aliphatic carbocycles. The Balaban J connectivity index is 1.68. The summed E-state index contributed by atoms with van der Waals surface area (Å²) in [4.78, 5) is 29.9. The minimum Gasteiger partial charge on any atom is -0.481 e. The van der Waals surface area contributed by atoms with Crippen LogP contribution in [0.1, 0.15) is 29.6 Å². The van der Waals surface area contributed by atoms with Crippen molar-refractivity contribution in [3.8, 4) is 0 Å². The van der Waals surface area contributed by atoms with Gasteiger partial charge in [-0.05, 0) is 37.1 Å².